The molecule has 0 bridgehead atoms. The highest BCUT2D eigenvalue weighted by molar-refractivity contribution is 7.89. The number of aromatic nitrogens is 3. The number of sulfonamides is 1. The summed E-state index contributed by atoms with van der Waals surface area (Å²) in [6, 6.07) is 13.6. The molecular formula is C17H18N4O2S. The SMILES string of the molecule is CNS(=O)(=O)CCn1cnc(-c2ccccc2)c1-c1ccncc1. The molecule has 3 aromatic rings. The zero-order valence-electron chi connectivity index (χ0n) is 13.3. The van der Waals surface area contributed by atoms with E-state index in [2.05, 4.69) is 14.7 Å². The van der Waals surface area contributed by atoms with Gasteiger partial charge in [0.2, 0.25) is 10.0 Å². The molecule has 0 aliphatic carbocycles. The normalized spacial score (nSPS) is 11.5. The van der Waals surface area contributed by atoms with Gasteiger partial charge in [-0.05, 0) is 19.2 Å². The summed E-state index contributed by atoms with van der Waals surface area (Å²) in [6.45, 7) is 0.320. The lowest BCUT2D eigenvalue weighted by atomic mass is 10.1. The van der Waals surface area contributed by atoms with E-state index >= 15 is 0 Å². The highest BCUT2D eigenvalue weighted by Crippen LogP contribution is 2.30. The van der Waals surface area contributed by atoms with E-state index in [1.165, 1.54) is 7.05 Å². The van der Waals surface area contributed by atoms with Gasteiger partial charge in [-0.2, -0.15) is 0 Å². The van der Waals surface area contributed by atoms with Crippen LogP contribution in [0, 0.1) is 0 Å². The van der Waals surface area contributed by atoms with Crippen LogP contribution in [0.2, 0.25) is 0 Å². The third kappa shape index (κ3) is 3.52. The van der Waals surface area contributed by atoms with Gasteiger partial charge in [0, 0.05) is 30.1 Å². The topological polar surface area (TPSA) is 76.9 Å². The predicted octanol–water partition coefficient (Wildman–Crippen LogP) is 2.16. The van der Waals surface area contributed by atoms with E-state index in [1.807, 2.05) is 47.0 Å². The Morgan fingerprint density at radius 2 is 1.75 bits per heavy atom. The van der Waals surface area contributed by atoms with Crippen LogP contribution in [-0.2, 0) is 16.6 Å². The van der Waals surface area contributed by atoms with Crippen LogP contribution < -0.4 is 4.72 Å². The van der Waals surface area contributed by atoms with Crippen LogP contribution in [0.1, 0.15) is 0 Å². The van der Waals surface area contributed by atoms with E-state index in [1.54, 1.807) is 18.7 Å². The summed E-state index contributed by atoms with van der Waals surface area (Å²) in [7, 11) is -1.86. The van der Waals surface area contributed by atoms with Crippen molar-refractivity contribution < 1.29 is 8.42 Å². The van der Waals surface area contributed by atoms with Crippen molar-refractivity contribution in [2.24, 2.45) is 0 Å². The van der Waals surface area contributed by atoms with Gasteiger partial charge in [0.1, 0.15) is 0 Å². The van der Waals surface area contributed by atoms with Crippen molar-refractivity contribution in [3.63, 3.8) is 0 Å². The lowest BCUT2D eigenvalue weighted by Gasteiger charge is -2.10. The molecule has 0 saturated carbocycles. The zero-order chi connectivity index (χ0) is 17.0. The first-order chi connectivity index (χ1) is 11.6. The van der Waals surface area contributed by atoms with Gasteiger partial charge >= 0.3 is 0 Å². The lowest BCUT2D eigenvalue weighted by molar-refractivity contribution is 0.581. The Kier molecular flexibility index (Phi) is 4.73. The fourth-order valence-corrected chi connectivity index (χ4v) is 3.13. The summed E-state index contributed by atoms with van der Waals surface area (Å²) < 4.78 is 27.7. The van der Waals surface area contributed by atoms with E-state index < -0.39 is 10.0 Å². The zero-order valence-corrected chi connectivity index (χ0v) is 14.1. The maximum Gasteiger partial charge on any atom is 0.213 e. The molecule has 0 radical (unpaired) electrons. The third-order valence-electron chi connectivity index (χ3n) is 3.75. The number of pyridine rings is 1. The molecule has 0 atom stereocenters. The van der Waals surface area contributed by atoms with Crippen molar-refractivity contribution in [3.05, 3.63) is 61.2 Å². The largest absolute Gasteiger partial charge is 0.329 e. The number of nitrogens with zero attached hydrogens (tertiary/aromatic N) is 3. The average molecular weight is 342 g/mol. The van der Waals surface area contributed by atoms with Gasteiger partial charge in [0.15, 0.2) is 0 Å². The maximum absolute atomic E-state index is 11.7. The summed E-state index contributed by atoms with van der Waals surface area (Å²) in [6.07, 6.45) is 5.11. The van der Waals surface area contributed by atoms with Gasteiger partial charge in [-0.15, -0.1) is 0 Å². The molecule has 3 rings (SSSR count). The maximum atomic E-state index is 11.7. The summed E-state index contributed by atoms with van der Waals surface area (Å²) in [5.41, 5.74) is 3.64. The van der Waals surface area contributed by atoms with E-state index in [0.29, 0.717) is 6.54 Å². The molecule has 1 N–H and O–H groups in total. The fourth-order valence-electron chi connectivity index (χ4n) is 2.49. The van der Waals surface area contributed by atoms with Crippen LogP contribution in [-0.4, -0.2) is 35.8 Å². The third-order valence-corrected chi connectivity index (χ3v) is 5.09. The van der Waals surface area contributed by atoms with Gasteiger partial charge in [-0.3, -0.25) is 4.98 Å². The van der Waals surface area contributed by atoms with Gasteiger partial charge < -0.3 is 4.57 Å². The van der Waals surface area contributed by atoms with E-state index in [4.69, 9.17) is 0 Å². The number of nitrogens with one attached hydrogen (secondary N) is 1. The molecular weight excluding hydrogens is 324 g/mol. The number of imidazole rings is 1. The quantitative estimate of drug-likeness (QED) is 0.745. The Hall–Kier alpha value is -2.51. The van der Waals surface area contributed by atoms with Gasteiger partial charge in [0.25, 0.3) is 0 Å². The second kappa shape index (κ2) is 6.94. The summed E-state index contributed by atoms with van der Waals surface area (Å²) in [5, 5.41) is 0. The molecule has 2 heterocycles. The van der Waals surface area contributed by atoms with Crippen LogP contribution in [0.25, 0.3) is 22.5 Å². The van der Waals surface area contributed by atoms with Crippen molar-refractivity contribution >= 4 is 10.0 Å². The van der Waals surface area contributed by atoms with Gasteiger partial charge in [-0.25, -0.2) is 18.1 Å². The molecule has 2 aromatic heterocycles. The molecule has 0 aliphatic rings. The predicted molar refractivity (Wildman–Crippen MR) is 93.7 cm³/mol. The molecule has 124 valence electrons. The molecule has 0 unspecified atom stereocenters. The van der Waals surface area contributed by atoms with Crippen LogP contribution in [0.4, 0.5) is 0 Å². The molecule has 0 aliphatic heterocycles. The first-order valence-electron chi connectivity index (χ1n) is 7.53. The van der Waals surface area contributed by atoms with Crippen molar-refractivity contribution in [2.45, 2.75) is 6.54 Å². The first kappa shape index (κ1) is 16.4. The summed E-state index contributed by atoms with van der Waals surface area (Å²) in [4.78, 5) is 8.57. The minimum atomic E-state index is -3.28. The number of hydrogen-bond acceptors (Lipinski definition) is 4. The number of aryl methyl sites for hydroxylation is 1. The average Bonchev–Trinajstić information content (AvgIpc) is 3.05. The molecule has 24 heavy (non-hydrogen) atoms. The van der Waals surface area contributed by atoms with E-state index in [0.717, 1.165) is 22.5 Å². The molecule has 7 heteroatoms. The molecule has 0 saturated heterocycles. The minimum Gasteiger partial charge on any atom is -0.329 e. The monoisotopic (exact) mass is 342 g/mol. The standard InChI is InChI=1S/C17H18N4O2S/c1-18-24(22,23)12-11-21-13-20-16(14-5-3-2-4-6-14)17(21)15-7-9-19-10-8-15/h2-10,13,18H,11-12H2,1H3. The van der Waals surface area contributed by atoms with Crippen molar-refractivity contribution in [1.29, 1.82) is 0 Å². The second-order valence-electron chi connectivity index (χ2n) is 5.26. The Morgan fingerprint density at radius 3 is 2.42 bits per heavy atom. The second-order valence-corrected chi connectivity index (χ2v) is 7.31. The molecule has 0 amide bonds. The number of hydrogen-bond donors (Lipinski definition) is 1. The van der Waals surface area contributed by atoms with E-state index in [9.17, 15) is 8.42 Å². The van der Waals surface area contributed by atoms with Crippen LogP contribution in [0.5, 0.6) is 0 Å². The summed E-state index contributed by atoms with van der Waals surface area (Å²) in [5.74, 6) is -0.00776. The first-order valence-corrected chi connectivity index (χ1v) is 9.18. The highest BCUT2D eigenvalue weighted by Gasteiger charge is 2.16. The van der Waals surface area contributed by atoms with Gasteiger partial charge in [0.05, 0.1) is 23.5 Å². The van der Waals surface area contributed by atoms with E-state index in [-0.39, 0.29) is 5.75 Å². The van der Waals surface area contributed by atoms with Crippen molar-refractivity contribution in [3.8, 4) is 22.5 Å². The number of benzene rings is 1. The minimum absolute atomic E-state index is 0.00776. The Balaban J connectivity index is 2.06. The molecule has 6 nitrogen and oxygen atoms in total. The van der Waals surface area contributed by atoms with Gasteiger partial charge in [-0.1, -0.05) is 30.3 Å². The molecule has 0 fully saturated rings. The molecule has 1 aromatic carbocycles. The lowest BCUT2D eigenvalue weighted by Crippen LogP contribution is -2.24. The van der Waals surface area contributed by atoms with Crippen LogP contribution >= 0.6 is 0 Å². The highest BCUT2D eigenvalue weighted by atomic mass is 32.2. The van der Waals surface area contributed by atoms with Crippen LogP contribution in [0.3, 0.4) is 0 Å². The van der Waals surface area contributed by atoms with Crippen molar-refractivity contribution in [1.82, 2.24) is 19.3 Å². The Morgan fingerprint density at radius 1 is 1.04 bits per heavy atom. The van der Waals surface area contributed by atoms with Crippen molar-refractivity contribution in [2.75, 3.05) is 12.8 Å². The van der Waals surface area contributed by atoms with Crippen LogP contribution in [0.15, 0.2) is 61.2 Å². The Bertz CT molecular complexity index is 906. The summed E-state index contributed by atoms with van der Waals surface area (Å²) >= 11 is 0. The Labute approximate surface area is 141 Å². The fraction of sp³-hybridized carbons (Fsp3) is 0.176. The molecule has 0 spiro atoms. The number of rotatable bonds is 6. The smallest absolute Gasteiger partial charge is 0.213 e.